The zero-order chi connectivity index (χ0) is 24.9. The summed E-state index contributed by atoms with van der Waals surface area (Å²) in [5.41, 5.74) is 4.51. The molecule has 4 rings (SSSR count). The summed E-state index contributed by atoms with van der Waals surface area (Å²) < 4.78 is 6.95. The number of amides is 1. The highest BCUT2D eigenvalue weighted by Crippen LogP contribution is 2.27. The van der Waals surface area contributed by atoms with E-state index in [0.717, 1.165) is 29.0 Å². The number of rotatable bonds is 8. The van der Waals surface area contributed by atoms with Crippen LogP contribution in [0.3, 0.4) is 0 Å². The first kappa shape index (κ1) is 24.4. The van der Waals surface area contributed by atoms with Crippen molar-refractivity contribution in [3.8, 4) is 11.4 Å². The number of hydrogen-bond donors (Lipinski definition) is 1. The van der Waals surface area contributed by atoms with Gasteiger partial charge in [-0.15, -0.1) is 0 Å². The molecule has 0 radical (unpaired) electrons. The van der Waals surface area contributed by atoms with E-state index in [1.807, 2.05) is 61.5 Å². The zero-order valence-electron chi connectivity index (χ0n) is 19.9. The third kappa shape index (κ3) is 5.70. The van der Waals surface area contributed by atoms with Crippen LogP contribution in [0, 0.1) is 0 Å². The predicted octanol–water partition coefficient (Wildman–Crippen LogP) is 4.48. The number of fused-ring (bicyclic) bond motifs is 1. The van der Waals surface area contributed by atoms with Gasteiger partial charge in [0.25, 0.3) is 5.91 Å². The van der Waals surface area contributed by atoms with Crippen LogP contribution in [-0.4, -0.2) is 60.6 Å². The summed E-state index contributed by atoms with van der Waals surface area (Å²) in [6, 6.07) is 20.4. The highest BCUT2D eigenvalue weighted by atomic mass is 35.5. The van der Waals surface area contributed by atoms with E-state index in [-0.39, 0.29) is 5.91 Å². The summed E-state index contributed by atoms with van der Waals surface area (Å²) in [7, 11) is 5.28. The van der Waals surface area contributed by atoms with E-state index in [4.69, 9.17) is 21.3 Å². The van der Waals surface area contributed by atoms with Crippen LogP contribution < -0.4 is 5.32 Å². The molecule has 0 fully saturated rings. The number of nitrogens with one attached hydrogen (secondary N) is 1. The molecular formula is C27H27ClN4O3. The molecule has 1 amide bonds. The number of methoxy groups -OCH3 is 1. The third-order valence-corrected chi connectivity index (χ3v) is 5.93. The van der Waals surface area contributed by atoms with Crippen molar-refractivity contribution in [2.75, 3.05) is 34.3 Å². The lowest BCUT2D eigenvalue weighted by Crippen LogP contribution is -2.31. The predicted molar refractivity (Wildman–Crippen MR) is 138 cm³/mol. The molecule has 0 aliphatic rings. The number of halogens is 1. The molecule has 0 aliphatic heterocycles. The summed E-state index contributed by atoms with van der Waals surface area (Å²) in [4.78, 5) is 31.4. The normalized spacial score (nSPS) is 11.1. The number of nitrogens with zero attached hydrogens (tertiary/aromatic N) is 3. The molecule has 0 saturated heterocycles. The maximum atomic E-state index is 12.5. The van der Waals surface area contributed by atoms with Crippen molar-refractivity contribution in [3.63, 3.8) is 0 Å². The van der Waals surface area contributed by atoms with E-state index in [2.05, 4.69) is 9.88 Å². The summed E-state index contributed by atoms with van der Waals surface area (Å²) in [5, 5.41) is 3.60. The fraction of sp³-hybridized carbons (Fsp3) is 0.222. The number of hydrogen-bond acceptors (Lipinski definition) is 5. The van der Waals surface area contributed by atoms with Crippen molar-refractivity contribution in [2.24, 2.45) is 0 Å². The van der Waals surface area contributed by atoms with E-state index in [9.17, 15) is 9.59 Å². The molecule has 4 aromatic rings. The SMILES string of the molecule is COC(=O)c1ccc2c(c1)nc(-c1ccc(C(=O)NCCN(C)C)cc1)n2Cc1ccc(Cl)cc1. The van der Waals surface area contributed by atoms with Gasteiger partial charge < -0.3 is 19.5 Å². The minimum absolute atomic E-state index is 0.115. The smallest absolute Gasteiger partial charge is 0.337 e. The van der Waals surface area contributed by atoms with Crippen LogP contribution in [0.5, 0.6) is 0 Å². The second-order valence-electron chi connectivity index (χ2n) is 8.48. The maximum Gasteiger partial charge on any atom is 0.337 e. The number of imidazole rings is 1. The zero-order valence-corrected chi connectivity index (χ0v) is 20.7. The van der Waals surface area contributed by atoms with Crippen LogP contribution in [-0.2, 0) is 11.3 Å². The first-order valence-electron chi connectivity index (χ1n) is 11.2. The number of aromatic nitrogens is 2. The van der Waals surface area contributed by atoms with Gasteiger partial charge in [-0.3, -0.25) is 4.79 Å². The minimum Gasteiger partial charge on any atom is -0.465 e. The first-order valence-corrected chi connectivity index (χ1v) is 11.6. The maximum absolute atomic E-state index is 12.5. The van der Waals surface area contributed by atoms with Gasteiger partial charge in [-0.25, -0.2) is 9.78 Å². The average Bonchev–Trinajstić information content (AvgIpc) is 3.22. The molecular weight excluding hydrogens is 464 g/mol. The number of carbonyl (C=O) groups excluding carboxylic acids is 2. The minimum atomic E-state index is -0.412. The number of carbonyl (C=O) groups is 2. The van der Waals surface area contributed by atoms with Crippen LogP contribution in [0.4, 0.5) is 0 Å². The molecule has 3 aromatic carbocycles. The molecule has 1 aromatic heterocycles. The highest BCUT2D eigenvalue weighted by molar-refractivity contribution is 6.30. The number of esters is 1. The van der Waals surface area contributed by atoms with Crippen molar-refractivity contribution in [3.05, 3.63) is 88.4 Å². The molecule has 0 saturated carbocycles. The standard InChI is InChI=1S/C27H27ClN4O3/c1-31(2)15-14-29-26(33)20-8-6-19(7-9-20)25-30-23-16-21(27(34)35-3)10-13-24(23)32(25)17-18-4-11-22(28)12-5-18/h4-13,16H,14-15,17H2,1-3H3,(H,29,33). The Bertz CT molecular complexity index is 1350. The lowest BCUT2D eigenvalue weighted by Gasteiger charge is -2.12. The monoisotopic (exact) mass is 490 g/mol. The molecule has 1 N–H and O–H groups in total. The second kappa shape index (κ2) is 10.7. The molecule has 0 spiro atoms. The summed E-state index contributed by atoms with van der Waals surface area (Å²) in [6.07, 6.45) is 0. The topological polar surface area (TPSA) is 76.5 Å². The Morgan fingerprint density at radius 1 is 1.00 bits per heavy atom. The molecule has 0 unspecified atom stereocenters. The first-order chi connectivity index (χ1) is 16.9. The lowest BCUT2D eigenvalue weighted by atomic mass is 10.1. The van der Waals surface area contributed by atoms with Gasteiger partial charge in [0.2, 0.25) is 0 Å². The van der Waals surface area contributed by atoms with E-state index in [0.29, 0.717) is 34.8 Å². The van der Waals surface area contributed by atoms with Crippen LogP contribution >= 0.6 is 11.6 Å². The molecule has 7 nitrogen and oxygen atoms in total. The fourth-order valence-electron chi connectivity index (χ4n) is 3.79. The largest absolute Gasteiger partial charge is 0.465 e. The van der Waals surface area contributed by atoms with Crippen molar-refractivity contribution < 1.29 is 14.3 Å². The van der Waals surface area contributed by atoms with Gasteiger partial charge in [0.05, 0.1) is 23.7 Å². The average molecular weight is 491 g/mol. The van der Waals surface area contributed by atoms with Crippen LogP contribution in [0.2, 0.25) is 5.02 Å². The Labute approximate surface area is 209 Å². The van der Waals surface area contributed by atoms with Crippen molar-refractivity contribution in [1.29, 1.82) is 0 Å². The Morgan fingerprint density at radius 2 is 1.69 bits per heavy atom. The second-order valence-corrected chi connectivity index (χ2v) is 8.92. The van der Waals surface area contributed by atoms with Gasteiger partial charge in [-0.05, 0) is 62.1 Å². The van der Waals surface area contributed by atoms with Crippen LogP contribution in [0.1, 0.15) is 26.3 Å². The van der Waals surface area contributed by atoms with E-state index >= 15 is 0 Å². The molecule has 1 heterocycles. The highest BCUT2D eigenvalue weighted by Gasteiger charge is 2.16. The van der Waals surface area contributed by atoms with Gasteiger partial charge in [0.15, 0.2) is 0 Å². The van der Waals surface area contributed by atoms with Gasteiger partial charge >= 0.3 is 5.97 Å². The fourth-order valence-corrected chi connectivity index (χ4v) is 3.92. The van der Waals surface area contributed by atoms with Crippen LogP contribution in [0.25, 0.3) is 22.4 Å². The van der Waals surface area contributed by atoms with Gasteiger partial charge in [0, 0.05) is 35.8 Å². The lowest BCUT2D eigenvalue weighted by molar-refractivity contribution is 0.0600. The molecule has 180 valence electrons. The number of ether oxygens (including phenoxy) is 1. The quantitative estimate of drug-likeness (QED) is 0.368. The Hall–Kier alpha value is -3.68. The molecule has 0 aliphatic carbocycles. The van der Waals surface area contributed by atoms with Gasteiger partial charge in [0.1, 0.15) is 5.82 Å². The van der Waals surface area contributed by atoms with Gasteiger partial charge in [-0.1, -0.05) is 35.9 Å². The van der Waals surface area contributed by atoms with Crippen LogP contribution in [0.15, 0.2) is 66.7 Å². The number of likely N-dealkylation sites (N-methyl/N-ethyl adjacent to an activating group) is 1. The summed E-state index contributed by atoms with van der Waals surface area (Å²) in [6.45, 7) is 1.91. The van der Waals surface area contributed by atoms with Crippen molar-refractivity contribution >= 4 is 34.5 Å². The molecule has 35 heavy (non-hydrogen) atoms. The van der Waals surface area contributed by atoms with Crippen molar-refractivity contribution in [2.45, 2.75) is 6.54 Å². The van der Waals surface area contributed by atoms with Crippen molar-refractivity contribution in [1.82, 2.24) is 19.8 Å². The number of benzene rings is 3. The molecule has 8 heteroatoms. The summed E-state index contributed by atoms with van der Waals surface area (Å²) >= 11 is 6.07. The molecule has 0 bridgehead atoms. The molecule has 0 atom stereocenters. The van der Waals surface area contributed by atoms with E-state index < -0.39 is 5.97 Å². The Morgan fingerprint density at radius 3 is 2.34 bits per heavy atom. The Balaban J connectivity index is 1.70. The summed E-state index contributed by atoms with van der Waals surface area (Å²) in [5.74, 6) is 0.206. The third-order valence-electron chi connectivity index (χ3n) is 5.67. The Kier molecular flexibility index (Phi) is 7.48. The van der Waals surface area contributed by atoms with Gasteiger partial charge in [-0.2, -0.15) is 0 Å². The van der Waals surface area contributed by atoms with E-state index in [1.54, 1.807) is 24.3 Å². The van der Waals surface area contributed by atoms with E-state index in [1.165, 1.54) is 7.11 Å².